The number of sulfone groups is 1. The van der Waals surface area contributed by atoms with Crippen molar-refractivity contribution in [3.8, 4) is 0 Å². The van der Waals surface area contributed by atoms with Crippen molar-refractivity contribution < 1.29 is 13.2 Å². The average Bonchev–Trinajstić information content (AvgIpc) is 2.91. The number of carbonyl (C=O) groups is 1. The summed E-state index contributed by atoms with van der Waals surface area (Å²) >= 11 is 3.64. The van der Waals surface area contributed by atoms with Crippen LogP contribution in [0.1, 0.15) is 13.3 Å². The normalized spacial score (nSPS) is 28.1. The Hall–Kier alpha value is -0.610. The van der Waals surface area contributed by atoms with E-state index in [1.54, 1.807) is 6.92 Å². The number of hydrogen-bond donors (Lipinski definition) is 0. The van der Waals surface area contributed by atoms with Gasteiger partial charge in [0.2, 0.25) is 5.91 Å². The fraction of sp³-hybridized carbons (Fsp3) is 0.429. The van der Waals surface area contributed by atoms with Gasteiger partial charge >= 0.3 is 0 Å². The summed E-state index contributed by atoms with van der Waals surface area (Å²) in [6, 6.07) is 7.62. The molecule has 1 aromatic rings. The van der Waals surface area contributed by atoms with Gasteiger partial charge in [0, 0.05) is 15.2 Å². The maximum atomic E-state index is 11.9. The van der Waals surface area contributed by atoms with E-state index in [0.29, 0.717) is 11.6 Å². The number of carbonyl (C=O) groups excluding carboxylic acids is 1. The van der Waals surface area contributed by atoms with Crippen LogP contribution in [0.2, 0.25) is 0 Å². The van der Waals surface area contributed by atoms with Gasteiger partial charge in [-0.1, -0.05) is 30.8 Å². The molecule has 0 saturated carbocycles. The van der Waals surface area contributed by atoms with E-state index in [1.807, 2.05) is 29.2 Å². The van der Waals surface area contributed by atoms with Crippen LogP contribution in [-0.2, 0) is 14.6 Å². The number of halogens is 1. The number of nitrogens with zero attached hydrogens (tertiary/aromatic N) is 2. The molecule has 118 valence electrons. The Morgan fingerprint density at radius 1 is 1.41 bits per heavy atom. The number of amides is 1. The van der Waals surface area contributed by atoms with Crippen molar-refractivity contribution in [2.24, 2.45) is 4.99 Å². The van der Waals surface area contributed by atoms with Gasteiger partial charge in [0.05, 0.1) is 23.2 Å². The molecule has 3 rings (SSSR count). The van der Waals surface area contributed by atoms with Crippen molar-refractivity contribution in [1.82, 2.24) is 0 Å². The van der Waals surface area contributed by atoms with Crippen LogP contribution in [0, 0.1) is 3.57 Å². The average molecular weight is 450 g/mol. The molecule has 2 unspecified atom stereocenters. The van der Waals surface area contributed by atoms with Crippen LogP contribution in [0.4, 0.5) is 5.69 Å². The van der Waals surface area contributed by atoms with E-state index in [4.69, 9.17) is 0 Å². The minimum absolute atomic E-state index is 0.0515. The molecule has 2 saturated heterocycles. The van der Waals surface area contributed by atoms with E-state index >= 15 is 0 Å². The van der Waals surface area contributed by atoms with Crippen LogP contribution in [0.3, 0.4) is 0 Å². The first kappa shape index (κ1) is 16.3. The van der Waals surface area contributed by atoms with E-state index in [0.717, 1.165) is 9.26 Å². The van der Waals surface area contributed by atoms with Crippen LogP contribution in [0.15, 0.2) is 29.3 Å². The SMILES string of the molecule is CCC(=O)N=C1SC2CS(=O)(=O)CC2N1c1ccccc1I. The molecule has 5 nitrogen and oxygen atoms in total. The van der Waals surface area contributed by atoms with Crippen molar-refractivity contribution in [1.29, 1.82) is 0 Å². The number of aliphatic imine (C=N–C) groups is 1. The molecule has 0 radical (unpaired) electrons. The highest BCUT2D eigenvalue weighted by Gasteiger charge is 2.49. The van der Waals surface area contributed by atoms with Gasteiger partial charge in [0.1, 0.15) is 0 Å². The van der Waals surface area contributed by atoms with Gasteiger partial charge in [-0.05, 0) is 34.7 Å². The second-order valence-electron chi connectivity index (χ2n) is 5.26. The Morgan fingerprint density at radius 3 is 2.82 bits per heavy atom. The van der Waals surface area contributed by atoms with Crippen LogP contribution in [0.5, 0.6) is 0 Å². The third-order valence-corrected chi connectivity index (χ3v) is 7.82. The monoisotopic (exact) mass is 450 g/mol. The van der Waals surface area contributed by atoms with Crippen molar-refractivity contribution in [2.45, 2.75) is 24.6 Å². The summed E-state index contributed by atoms with van der Waals surface area (Å²) in [6.45, 7) is 1.77. The Morgan fingerprint density at radius 2 is 2.14 bits per heavy atom. The number of benzene rings is 1. The highest BCUT2D eigenvalue weighted by molar-refractivity contribution is 14.1. The van der Waals surface area contributed by atoms with Crippen LogP contribution < -0.4 is 4.90 Å². The Labute approximate surface area is 147 Å². The quantitative estimate of drug-likeness (QED) is 0.648. The lowest BCUT2D eigenvalue weighted by molar-refractivity contribution is -0.117. The first-order valence-electron chi connectivity index (χ1n) is 6.93. The van der Waals surface area contributed by atoms with Crippen LogP contribution in [-0.4, -0.2) is 42.3 Å². The molecule has 2 aliphatic rings. The smallest absolute Gasteiger partial charge is 0.247 e. The third kappa shape index (κ3) is 3.05. The molecule has 1 aromatic carbocycles. The highest BCUT2D eigenvalue weighted by atomic mass is 127. The van der Waals surface area contributed by atoms with Gasteiger partial charge in [0.25, 0.3) is 0 Å². The Kier molecular flexibility index (Phi) is 4.52. The first-order chi connectivity index (χ1) is 10.4. The van der Waals surface area contributed by atoms with E-state index in [1.165, 1.54) is 11.8 Å². The molecule has 2 heterocycles. The topological polar surface area (TPSA) is 66.8 Å². The lowest BCUT2D eigenvalue weighted by Crippen LogP contribution is -2.38. The fourth-order valence-corrected chi connectivity index (χ4v) is 7.25. The molecule has 22 heavy (non-hydrogen) atoms. The second kappa shape index (κ2) is 6.12. The van der Waals surface area contributed by atoms with Crippen molar-refractivity contribution >= 4 is 61.0 Å². The summed E-state index contributed by atoms with van der Waals surface area (Å²) in [7, 11) is -3.02. The molecular formula is C14H15IN2O3S2. The van der Waals surface area contributed by atoms with Gasteiger partial charge in [-0.2, -0.15) is 4.99 Å². The van der Waals surface area contributed by atoms with E-state index < -0.39 is 9.84 Å². The lowest BCUT2D eigenvalue weighted by atomic mass is 10.2. The van der Waals surface area contributed by atoms with E-state index in [9.17, 15) is 13.2 Å². The van der Waals surface area contributed by atoms with E-state index in [-0.39, 0.29) is 28.7 Å². The molecule has 0 aliphatic carbocycles. The molecule has 0 N–H and O–H groups in total. The maximum absolute atomic E-state index is 11.9. The molecule has 2 aliphatic heterocycles. The fourth-order valence-electron chi connectivity index (χ4n) is 2.68. The predicted molar refractivity (Wildman–Crippen MR) is 98.2 cm³/mol. The molecule has 1 amide bonds. The molecule has 8 heteroatoms. The minimum Gasteiger partial charge on any atom is -0.315 e. The number of anilines is 1. The minimum atomic E-state index is -3.02. The van der Waals surface area contributed by atoms with Gasteiger partial charge < -0.3 is 4.90 Å². The molecule has 0 bridgehead atoms. The number of hydrogen-bond acceptors (Lipinski definition) is 4. The number of thioether (sulfide) groups is 1. The molecule has 0 spiro atoms. The number of amidine groups is 1. The summed E-state index contributed by atoms with van der Waals surface area (Å²) in [6.07, 6.45) is 0.345. The molecule has 0 aromatic heterocycles. The predicted octanol–water partition coefficient (Wildman–Crippen LogP) is 2.30. The van der Waals surface area contributed by atoms with Crippen LogP contribution in [0.25, 0.3) is 0 Å². The lowest BCUT2D eigenvalue weighted by Gasteiger charge is -2.25. The Balaban J connectivity index is 2.05. The highest BCUT2D eigenvalue weighted by Crippen LogP contribution is 2.42. The summed E-state index contributed by atoms with van der Waals surface area (Å²) in [4.78, 5) is 17.9. The third-order valence-electron chi connectivity index (χ3n) is 3.70. The summed E-state index contributed by atoms with van der Waals surface area (Å²) in [5.41, 5.74) is 0.919. The standard InChI is InChI=1S/C14H15IN2O3S2/c1-2-13(18)16-14-17(10-6-4-3-5-9(10)15)11-7-22(19,20)8-12(11)21-14/h3-6,11-12H,2,7-8H2,1H3. The van der Waals surface area contributed by atoms with E-state index in [2.05, 4.69) is 27.6 Å². The molecule has 2 atom stereocenters. The molecule has 2 fully saturated rings. The van der Waals surface area contributed by atoms with Gasteiger partial charge in [-0.3, -0.25) is 4.79 Å². The van der Waals surface area contributed by atoms with Crippen molar-refractivity contribution in [3.63, 3.8) is 0 Å². The van der Waals surface area contributed by atoms with Gasteiger partial charge in [-0.15, -0.1) is 0 Å². The number of fused-ring (bicyclic) bond motifs is 1. The summed E-state index contributed by atoms with van der Waals surface area (Å²) in [5, 5.41) is 0.574. The largest absolute Gasteiger partial charge is 0.315 e. The number of rotatable bonds is 2. The van der Waals surface area contributed by atoms with Crippen molar-refractivity contribution in [3.05, 3.63) is 27.8 Å². The van der Waals surface area contributed by atoms with Crippen LogP contribution >= 0.6 is 34.4 Å². The zero-order chi connectivity index (χ0) is 15.9. The zero-order valence-corrected chi connectivity index (χ0v) is 15.7. The zero-order valence-electron chi connectivity index (χ0n) is 11.9. The summed E-state index contributed by atoms with van der Waals surface area (Å²) < 4.78 is 24.9. The van der Waals surface area contributed by atoms with Gasteiger partial charge in [0.15, 0.2) is 15.0 Å². The first-order valence-corrected chi connectivity index (χ1v) is 10.7. The second-order valence-corrected chi connectivity index (χ2v) is 9.79. The van der Waals surface area contributed by atoms with Gasteiger partial charge in [-0.25, -0.2) is 8.42 Å². The Bertz CT molecular complexity index is 748. The van der Waals surface area contributed by atoms with Crippen molar-refractivity contribution in [2.75, 3.05) is 16.4 Å². The number of para-hydroxylation sites is 1. The molecular weight excluding hydrogens is 435 g/mol. The maximum Gasteiger partial charge on any atom is 0.247 e. The summed E-state index contributed by atoms with van der Waals surface area (Å²) in [5.74, 6) is 0.0950.